The van der Waals surface area contributed by atoms with Gasteiger partial charge in [0.1, 0.15) is 0 Å². The molecule has 2 heterocycles. The van der Waals surface area contributed by atoms with Crippen LogP contribution in [0.25, 0.3) is 0 Å². The van der Waals surface area contributed by atoms with E-state index in [4.69, 9.17) is 0 Å². The molecule has 0 radical (unpaired) electrons. The van der Waals surface area contributed by atoms with E-state index >= 15 is 0 Å². The van der Waals surface area contributed by atoms with Crippen LogP contribution in [0.5, 0.6) is 0 Å². The maximum atomic E-state index is 2.50. The molecule has 0 aliphatic carbocycles. The average molecular weight is 297 g/mol. The lowest BCUT2D eigenvalue weighted by Crippen LogP contribution is -2.32. The van der Waals surface area contributed by atoms with Gasteiger partial charge in [0.15, 0.2) is 0 Å². The summed E-state index contributed by atoms with van der Waals surface area (Å²) in [5.41, 5.74) is 0. The Kier molecular flexibility index (Phi) is 8.89. The zero-order valence-electron chi connectivity index (χ0n) is 15.6. The highest BCUT2D eigenvalue weighted by Crippen LogP contribution is 2.22. The van der Waals surface area contributed by atoms with Crippen LogP contribution in [0.1, 0.15) is 66.2 Å². The predicted molar refractivity (Wildman–Crippen MR) is 94.8 cm³/mol. The summed E-state index contributed by atoms with van der Waals surface area (Å²) in [4.78, 5) is 4.97. The van der Waals surface area contributed by atoms with Gasteiger partial charge in [-0.05, 0) is 83.5 Å². The lowest BCUT2D eigenvalue weighted by molar-refractivity contribution is 0.190. The summed E-state index contributed by atoms with van der Waals surface area (Å²) < 4.78 is 0. The summed E-state index contributed by atoms with van der Waals surface area (Å²) in [6.07, 6.45) is 8.51. The van der Waals surface area contributed by atoms with Gasteiger partial charge in [0, 0.05) is 12.6 Å². The maximum absolute atomic E-state index is 2.50. The summed E-state index contributed by atoms with van der Waals surface area (Å²) in [6.45, 7) is 13.2. The third-order valence-electron chi connectivity index (χ3n) is 4.94. The van der Waals surface area contributed by atoms with Crippen molar-refractivity contribution in [2.75, 3.05) is 33.7 Å². The number of likely N-dealkylation sites (tertiary alicyclic amines) is 2. The van der Waals surface area contributed by atoms with Crippen LogP contribution in [-0.2, 0) is 0 Å². The second-order valence-corrected chi connectivity index (χ2v) is 8.31. The summed E-state index contributed by atoms with van der Waals surface area (Å²) in [5, 5.41) is 0. The molecule has 0 saturated carbocycles. The zero-order chi connectivity index (χ0) is 15.8. The highest BCUT2D eigenvalue weighted by Gasteiger charge is 2.21. The van der Waals surface area contributed by atoms with Crippen molar-refractivity contribution >= 4 is 0 Å². The third-order valence-corrected chi connectivity index (χ3v) is 4.94. The SMILES string of the molecule is CC(C)CC1CCCN(C)C1.CC(C)CC1CCCN1C. The minimum Gasteiger partial charge on any atom is -0.306 e. The lowest BCUT2D eigenvalue weighted by atomic mass is 9.90. The molecular formula is C19H40N2. The smallest absolute Gasteiger partial charge is 0.00951 e. The number of piperidine rings is 1. The van der Waals surface area contributed by atoms with Crippen LogP contribution in [0.3, 0.4) is 0 Å². The van der Waals surface area contributed by atoms with Crippen molar-refractivity contribution in [2.45, 2.75) is 72.3 Å². The first-order chi connectivity index (χ1) is 9.88. The molecule has 2 atom stereocenters. The Balaban J connectivity index is 0.000000211. The van der Waals surface area contributed by atoms with E-state index in [0.29, 0.717) is 0 Å². The van der Waals surface area contributed by atoms with E-state index in [-0.39, 0.29) is 0 Å². The first kappa shape index (κ1) is 19.0. The predicted octanol–water partition coefficient (Wildman–Crippen LogP) is 4.50. The van der Waals surface area contributed by atoms with E-state index in [0.717, 1.165) is 23.8 Å². The Morgan fingerprint density at radius 2 is 1.48 bits per heavy atom. The molecule has 2 nitrogen and oxygen atoms in total. The van der Waals surface area contributed by atoms with Gasteiger partial charge in [0.05, 0.1) is 0 Å². The molecule has 0 spiro atoms. The molecule has 0 aromatic heterocycles. The number of rotatable bonds is 4. The first-order valence-corrected chi connectivity index (χ1v) is 9.27. The van der Waals surface area contributed by atoms with Crippen LogP contribution in [-0.4, -0.2) is 49.6 Å². The van der Waals surface area contributed by atoms with E-state index in [1.54, 1.807) is 0 Å². The van der Waals surface area contributed by atoms with Crippen LogP contribution < -0.4 is 0 Å². The summed E-state index contributed by atoms with van der Waals surface area (Å²) in [6, 6.07) is 0.889. The second-order valence-electron chi connectivity index (χ2n) is 8.31. The molecule has 0 amide bonds. The molecule has 2 aliphatic heterocycles. The Bertz CT molecular complexity index is 260. The standard InChI is InChI=1S/C10H21N.C9H19N/c1-9(2)7-10-5-4-6-11(3)8-10;1-8(2)7-9-5-4-6-10(9)3/h9-10H,4-8H2,1-3H3;8-9H,4-7H2,1-3H3. The summed E-state index contributed by atoms with van der Waals surface area (Å²) in [7, 11) is 4.49. The molecule has 21 heavy (non-hydrogen) atoms. The average Bonchev–Trinajstić information content (AvgIpc) is 2.74. The molecule has 2 rings (SSSR count). The van der Waals surface area contributed by atoms with Crippen molar-refractivity contribution in [1.29, 1.82) is 0 Å². The Hall–Kier alpha value is -0.0800. The molecule has 2 fully saturated rings. The van der Waals surface area contributed by atoms with Gasteiger partial charge in [-0.3, -0.25) is 0 Å². The first-order valence-electron chi connectivity index (χ1n) is 9.27. The van der Waals surface area contributed by atoms with Crippen molar-refractivity contribution < 1.29 is 0 Å². The monoisotopic (exact) mass is 296 g/mol. The quantitative estimate of drug-likeness (QED) is 0.753. The summed E-state index contributed by atoms with van der Waals surface area (Å²) >= 11 is 0. The molecule has 2 saturated heterocycles. The largest absolute Gasteiger partial charge is 0.306 e. The fraction of sp³-hybridized carbons (Fsp3) is 1.00. The molecule has 0 N–H and O–H groups in total. The van der Waals surface area contributed by atoms with E-state index in [1.165, 1.54) is 58.2 Å². The minimum atomic E-state index is 0.866. The van der Waals surface area contributed by atoms with Crippen molar-refractivity contribution in [3.05, 3.63) is 0 Å². The van der Waals surface area contributed by atoms with Gasteiger partial charge < -0.3 is 9.80 Å². The highest BCUT2D eigenvalue weighted by atomic mass is 15.1. The number of nitrogens with zero attached hydrogens (tertiary/aromatic N) is 2. The molecular weight excluding hydrogens is 256 g/mol. The van der Waals surface area contributed by atoms with Crippen molar-refractivity contribution in [2.24, 2.45) is 17.8 Å². The molecule has 2 heteroatoms. The van der Waals surface area contributed by atoms with Crippen LogP contribution in [0.15, 0.2) is 0 Å². The van der Waals surface area contributed by atoms with Gasteiger partial charge in [-0.15, -0.1) is 0 Å². The van der Waals surface area contributed by atoms with Crippen LogP contribution >= 0.6 is 0 Å². The molecule has 126 valence electrons. The lowest BCUT2D eigenvalue weighted by Gasteiger charge is -2.30. The third kappa shape index (κ3) is 8.21. The highest BCUT2D eigenvalue weighted by molar-refractivity contribution is 4.76. The van der Waals surface area contributed by atoms with Crippen molar-refractivity contribution in [3.63, 3.8) is 0 Å². The van der Waals surface area contributed by atoms with Gasteiger partial charge in [0.2, 0.25) is 0 Å². The van der Waals surface area contributed by atoms with Crippen molar-refractivity contribution in [1.82, 2.24) is 9.80 Å². The molecule has 0 aromatic rings. The zero-order valence-corrected chi connectivity index (χ0v) is 15.6. The van der Waals surface area contributed by atoms with Crippen LogP contribution in [0.4, 0.5) is 0 Å². The number of hydrogen-bond acceptors (Lipinski definition) is 2. The number of hydrogen-bond donors (Lipinski definition) is 0. The minimum absolute atomic E-state index is 0.866. The van der Waals surface area contributed by atoms with Gasteiger partial charge in [-0.2, -0.15) is 0 Å². The Morgan fingerprint density at radius 3 is 1.95 bits per heavy atom. The molecule has 2 unspecified atom stereocenters. The maximum Gasteiger partial charge on any atom is 0.00951 e. The van der Waals surface area contributed by atoms with Gasteiger partial charge in [-0.25, -0.2) is 0 Å². The van der Waals surface area contributed by atoms with Crippen LogP contribution in [0.2, 0.25) is 0 Å². The fourth-order valence-electron chi connectivity index (χ4n) is 3.95. The van der Waals surface area contributed by atoms with E-state index in [2.05, 4.69) is 51.6 Å². The molecule has 0 bridgehead atoms. The fourth-order valence-corrected chi connectivity index (χ4v) is 3.95. The van der Waals surface area contributed by atoms with E-state index in [9.17, 15) is 0 Å². The summed E-state index contributed by atoms with van der Waals surface area (Å²) in [5.74, 6) is 2.73. The van der Waals surface area contributed by atoms with Crippen LogP contribution in [0, 0.1) is 17.8 Å². The topological polar surface area (TPSA) is 6.48 Å². The van der Waals surface area contributed by atoms with Gasteiger partial charge in [0.25, 0.3) is 0 Å². The Labute approximate surface area is 134 Å². The normalized spacial score (nSPS) is 28.0. The Morgan fingerprint density at radius 1 is 0.857 bits per heavy atom. The molecule has 2 aliphatic rings. The van der Waals surface area contributed by atoms with Crippen molar-refractivity contribution in [3.8, 4) is 0 Å². The van der Waals surface area contributed by atoms with E-state index in [1.807, 2.05) is 0 Å². The van der Waals surface area contributed by atoms with E-state index < -0.39 is 0 Å². The second kappa shape index (κ2) is 9.84. The molecule has 0 aromatic carbocycles. The van der Waals surface area contributed by atoms with Gasteiger partial charge >= 0.3 is 0 Å². The van der Waals surface area contributed by atoms with Gasteiger partial charge in [-0.1, -0.05) is 27.7 Å².